The summed E-state index contributed by atoms with van der Waals surface area (Å²) in [4.78, 5) is 0. The molecule has 1 fully saturated rings. The Morgan fingerprint density at radius 2 is 1.78 bits per heavy atom. The van der Waals surface area contributed by atoms with Crippen molar-refractivity contribution in [2.45, 2.75) is 70.8 Å². The second kappa shape index (κ2) is 10.1. The first-order chi connectivity index (χ1) is 15.5. The van der Waals surface area contributed by atoms with E-state index in [1.54, 1.807) is 18.2 Å². The molecule has 0 aliphatic carbocycles. The third-order valence-electron chi connectivity index (χ3n) is 6.67. The standard InChI is InChI=1S/C27H31F3O2/c1-3-5-7-19-14-21-15-20-10-9-18(11-13-22-12-8-17(6-4-2)16-31-22)24(29)26(20)32-27(21)25(30)23(19)28/h3,9-10,14,17,22H,1,4-8,11-13,15-16H2,2H3. The first kappa shape index (κ1) is 22.9. The minimum absolute atomic E-state index is 0.0136. The average molecular weight is 445 g/mol. The summed E-state index contributed by atoms with van der Waals surface area (Å²) in [6.45, 7) is 6.60. The summed E-state index contributed by atoms with van der Waals surface area (Å²) in [5.41, 5.74) is 2.00. The minimum atomic E-state index is -1.05. The molecule has 172 valence electrons. The molecule has 2 nitrogen and oxygen atoms in total. The van der Waals surface area contributed by atoms with Crippen molar-refractivity contribution in [2.24, 2.45) is 5.92 Å². The fourth-order valence-electron chi connectivity index (χ4n) is 4.83. The molecule has 32 heavy (non-hydrogen) atoms. The van der Waals surface area contributed by atoms with Gasteiger partial charge in [-0.3, -0.25) is 0 Å². The van der Waals surface area contributed by atoms with Crippen LogP contribution in [0.1, 0.15) is 67.7 Å². The fourth-order valence-corrected chi connectivity index (χ4v) is 4.83. The Hall–Kier alpha value is -2.27. The zero-order valence-electron chi connectivity index (χ0n) is 18.7. The first-order valence-electron chi connectivity index (χ1n) is 11.7. The fraction of sp³-hybridized carbons (Fsp3) is 0.481. The quantitative estimate of drug-likeness (QED) is 0.336. The van der Waals surface area contributed by atoms with E-state index >= 15 is 4.39 Å². The van der Waals surface area contributed by atoms with Crippen LogP contribution >= 0.6 is 0 Å². The van der Waals surface area contributed by atoms with E-state index in [1.807, 2.05) is 6.07 Å². The topological polar surface area (TPSA) is 18.5 Å². The average Bonchev–Trinajstić information content (AvgIpc) is 2.80. The highest BCUT2D eigenvalue weighted by atomic mass is 19.2. The first-order valence-corrected chi connectivity index (χ1v) is 11.7. The minimum Gasteiger partial charge on any atom is -0.450 e. The van der Waals surface area contributed by atoms with Gasteiger partial charge in [0.1, 0.15) is 0 Å². The van der Waals surface area contributed by atoms with Crippen LogP contribution in [-0.4, -0.2) is 12.7 Å². The molecule has 4 rings (SSSR count). The normalized spacial score (nSPS) is 19.8. The van der Waals surface area contributed by atoms with Crippen LogP contribution in [0.5, 0.6) is 11.5 Å². The van der Waals surface area contributed by atoms with E-state index in [0.29, 0.717) is 53.9 Å². The Morgan fingerprint density at radius 1 is 0.969 bits per heavy atom. The lowest BCUT2D eigenvalue weighted by Crippen LogP contribution is -2.26. The maximum atomic E-state index is 15.2. The molecule has 0 bridgehead atoms. The molecule has 0 radical (unpaired) electrons. The molecular formula is C27H31F3O2. The number of halogens is 3. The molecule has 0 aromatic heterocycles. The molecule has 2 aliphatic heterocycles. The molecule has 2 heterocycles. The molecule has 2 atom stereocenters. The van der Waals surface area contributed by atoms with Gasteiger partial charge in [-0.15, -0.1) is 6.58 Å². The molecule has 2 aromatic carbocycles. The van der Waals surface area contributed by atoms with Crippen LogP contribution in [0.25, 0.3) is 0 Å². The lowest BCUT2D eigenvalue weighted by molar-refractivity contribution is -0.0216. The molecule has 0 N–H and O–H groups in total. The highest BCUT2D eigenvalue weighted by Gasteiger charge is 2.28. The van der Waals surface area contributed by atoms with Gasteiger partial charge in [0.15, 0.2) is 23.1 Å². The maximum Gasteiger partial charge on any atom is 0.201 e. The molecule has 2 aromatic rings. The highest BCUT2D eigenvalue weighted by Crippen LogP contribution is 2.42. The predicted molar refractivity (Wildman–Crippen MR) is 120 cm³/mol. The van der Waals surface area contributed by atoms with Gasteiger partial charge in [0.05, 0.1) is 6.10 Å². The lowest BCUT2D eigenvalue weighted by atomic mass is 9.91. The van der Waals surface area contributed by atoms with Crippen molar-refractivity contribution in [1.29, 1.82) is 0 Å². The Bertz CT molecular complexity index is 978. The van der Waals surface area contributed by atoms with Crippen molar-refractivity contribution < 1.29 is 22.6 Å². The third kappa shape index (κ3) is 4.73. The van der Waals surface area contributed by atoms with Crippen LogP contribution in [0, 0.1) is 23.4 Å². The molecule has 2 aliphatic rings. The van der Waals surface area contributed by atoms with Gasteiger partial charge in [-0.2, -0.15) is 4.39 Å². The van der Waals surface area contributed by atoms with E-state index in [1.165, 1.54) is 12.8 Å². The van der Waals surface area contributed by atoms with E-state index in [4.69, 9.17) is 9.47 Å². The second-order valence-electron chi connectivity index (χ2n) is 9.01. The number of aryl methyl sites for hydroxylation is 2. The van der Waals surface area contributed by atoms with Crippen molar-refractivity contribution in [2.75, 3.05) is 6.61 Å². The van der Waals surface area contributed by atoms with Gasteiger partial charge in [-0.05, 0) is 68.1 Å². The van der Waals surface area contributed by atoms with Gasteiger partial charge >= 0.3 is 0 Å². The van der Waals surface area contributed by atoms with Gasteiger partial charge in [0.2, 0.25) is 5.82 Å². The van der Waals surface area contributed by atoms with Gasteiger partial charge < -0.3 is 9.47 Å². The molecule has 1 saturated heterocycles. The zero-order chi connectivity index (χ0) is 22.7. The third-order valence-corrected chi connectivity index (χ3v) is 6.67. The van der Waals surface area contributed by atoms with Crippen molar-refractivity contribution >= 4 is 0 Å². The van der Waals surface area contributed by atoms with Crippen LogP contribution in [0.15, 0.2) is 30.9 Å². The highest BCUT2D eigenvalue weighted by molar-refractivity contribution is 5.53. The number of fused-ring (bicyclic) bond motifs is 2. The lowest BCUT2D eigenvalue weighted by Gasteiger charge is -2.29. The monoisotopic (exact) mass is 444 g/mol. The van der Waals surface area contributed by atoms with Crippen molar-refractivity contribution in [3.63, 3.8) is 0 Å². The van der Waals surface area contributed by atoms with Crippen molar-refractivity contribution in [1.82, 2.24) is 0 Å². The van der Waals surface area contributed by atoms with Crippen LogP contribution in [0.2, 0.25) is 0 Å². The Balaban J connectivity index is 1.47. The Labute approximate surface area is 188 Å². The summed E-state index contributed by atoms with van der Waals surface area (Å²) in [6.07, 6.45) is 8.81. The maximum absolute atomic E-state index is 15.2. The second-order valence-corrected chi connectivity index (χ2v) is 9.01. The van der Waals surface area contributed by atoms with Crippen LogP contribution in [-0.2, 0) is 24.0 Å². The Kier molecular flexibility index (Phi) is 7.24. The summed E-state index contributed by atoms with van der Waals surface area (Å²) >= 11 is 0. The van der Waals surface area contributed by atoms with Gasteiger partial charge in [0.25, 0.3) is 0 Å². The number of rotatable bonds is 8. The van der Waals surface area contributed by atoms with Gasteiger partial charge in [-0.1, -0.05) is 31.6 Å². The molecular weight excluding hydrogens is 413 g/mol. The van der Waals surface area contributed by atoms with E-state index in [-0.39, 0.29) is 17.6 Å². The number of allylic oxidation sites excluding steroid dienone is 1. The number of benzene rings is 2. The largest absolute Gasteiger partial charge is 0.450 e. The number of ether oxygens (including phenoxy) is 2. The number of hydrogen-bond acceptors (Lipinski definition) is 2. The summed E-state index contributed by atoms with van der Waals surface area (Å²) in [5.74, 6) is -2.01. The van der Waals surface area contributed by atoms with Crippen LogP contribution in [0.4, 0.5) is 13.2 Å². The predicted octanol–water partition coefficient (Wildman–Crippen LogP) is 7.45. The van der Waals surface area contributed by atoms with Crippen LogP contribution in [0.3, 0.4) is 0 Å². The zero-order valence-corrected chi connectivity index (χ0v) is 18.7. The van der Waals surface area contributed by atoms with E-state index in [9.17, 15) is 8.78 Å². The van der Waals surface area contributed by atoms with E-state index < -0.39 is 17.5 Å². The van der Waals surface area contributed by atoms with Gasteiger partial charge in [-0.25, -0.2) is 8.78 Å². The molecule has 5 heteroatoms. The molecule has 2 unspecified atom stereocenters. The summed E-state index contributed by atoms with van der Waals surface area (Å²) in [7, 11) is 0. The van der Waals surface area contributed by atoms with Gasteiger partial charge in [0, 0.05) is 24.2 Å². The summed E-state index contributed by atoms with van der Waals surface area (Å²) in [6, 6.07) is 5.24. The van der Waals surface area contributed by atoms with E-state index in [2.05, 4.69) is 13.5 Å². The van der Waals surface area contributed by atoms with Crippen molar-refractivity contribution in [3.8, 4) is 11.5 Å². The van der Waals surface area contributed by atoms with Crippen molar-refractivity contribution in [3.05, 3.63) is 70.6 Å². The Morgan fingerprint density at radius 3 is 2.50 bits per heavy atom. The summed E-state index contributed by atoms with van der Waals surface area (Å²) < 4.78 is 56.0. The molecule has 0 spiro atoms. The van der Waals surface area contributed by atoms with Crippen LogP contribution < -0.4 is 4.74 Å². The smallest absolute Gasteiger partial charge is 0.201 e. The molecule has 0 saturated carbocycles. The SMILES string of the molecule is C=CCCc1cc2c(c(F)c1F)Oc1c(ccc(CCC3CCC(CCC)CO3)c1F)C2. The van der Waals surface area contributed by atoms with E-state index in [0.717, 1.165) is 25.9 Å². The number of hydrogen-bond donors (Lipinski definition) is 0. The summed E-state index contributed by atoms with van der Waals surface area (Å²) in [5, 5.41) is 0. The molecule has 0 amide bonds.